The van der Waals surface area contributed by atoms with Gasteiger partial charge in [0.25, 0.3) is 0 Å². The lowest BCUT2D eigenvalue weighted by Gasteiger charge is -2.22. The van der Waals surface area contributed by atoms with Crippen LogP contribution < -0.4 is 5.32 Å². The molecule has 112 valence electrons. The van der Waals surface area contributed by atoms with E-state index < -0.39 is 0 Å². The molecule has 0 amide bonds. The molecule has 0 radical (unpaired) electrons. The molecule has 1 heterocycles. The molecule has 0 spiro atoms. The van der Waals surface area contributed by atoms with Gasteiger partial charge < -0.3 is 5.32 Å². The van der Waals surface area contributed by atoms with E-state index in [1.807, 2.05) is 12.1 Å². The maximum Gasteiger partial charge on any atom is 0.123 e. The summed E-state index contributed by atoms with van der Waals surface area (Å²) >= 11 is 1.77. The van der Waals surface area contributed by atoms with Crippen LogP contribution >= 0.6 is 11.3 Å². The molecule has 1 aliphatic carbocycles. The van der Waals surface area contributed by atoms with Crippen molar-refractivity contribution in [3.8, 4) is 10.6 Å². The molecule has 1 aromatic heterocycles. The van der Waals surface area contributed by atoms with Gasteiger partial charge >= 0.3 is 0 Å². The molecule has 0 aliphatic heterocycles. The van der Waals surface area contributed by atoms with Gasteiger partial charge in [0.05, 0.1) is 5.69 Å². The predicted molar refractivity (Wildman–Crippen MR) is 86.3 cm³/mol. The molecule has 1 aromatic carbocycles. The summed E-state index contributed by atoms with van der Waals surface area (Å²) < 4.78 is 13.0. The lowest BCUT2D eigenvalue weighted by Crippen LogP contribution is -2.29. The van der Waals surface area contributed by atoms with Crippen molar-refractivity contribution < 1.29 is 4.39 Å². The third kappa shape index (κ3) is 3.33. The highest BCUT2D eigenvalue weighted by atomic mass is 32.1. The Hall–Kier alpha value is -1.26. The van der Waals surface area contributed by atoms with Crippen molar-refractivity contribution in [2.75, 3.05) is 6.54 Å². The smallest absolute Gasteiger partial charge is 0.123 e. The van der Waals surface area contributed by atoms with E-state index in [2.05, 4.69) is 19.2 Å². The third-order valence-electron chi connectivity index (χ3n) is 3.93. The molecule has 0 saturated carbocycles. The van der Waals surface area contributed by atoms with Crippen LogP contribution in [-0.4, -0.2) is 17.6 Å². The number of halogens is 1. The van der Waals surface area contributed by atoms with Crippen molar-refractivity contribution >= 4 is 11.3 Å². The summed E-state index contributed by atoms with van der Waals surface area (Å²) in [6.45, 7) is 5.35. The number of aromatic nitrogens is 1. The van der Waals surface area contributed by atoms with Crippen LogP contribution in [0.2, 0.25) is 0 Å². The van der Waals surface area contributed by atoms with E-state index in [1.54, 1.807) is 11.3 Å². The Morgan fingerprint density at radius 2 is 2.10 bits per heavy atom. The molecule has 2 aromatic rings. The minimum Gasteiger partial charge on any atom is -0.314 e. The molecule has 1 atom stereocenters. The Bertz CT molecular complexity index is 604. The SMILES string of the molecule is CC(C)NCC1CCCc2sc(-c3ccc(F)cc3)nc21. The fraction of sp³-hybridized carbons (Fsp3) is 0.471. The van der Waals surface area contributed by atoms with Gasteiger partial charge in [0, 0.05) is 28.9 Å². The van der Waals surface area contributed by atoms with Gasteiger partial charge in [0.2, 0.25) is 0 Å². The average molecular weight is 304 g/mol. The summed E-state index contributed by atoms with van der Waals surface area (Å²) in [6.07, 6.45) is 3.58. The maximum atomic E-state index is 13.0. The van der Waals surface area contributed by atoms with Crippen LogP contribution in [0, 0.1) is 5.82 Å². The lowest BCUT2D eigenvalue weighted by atomic mass is 9.91. The van der Waals surface area contributed by atoms with E-state index in [0.717, 1.165) is 23.5 Å². The number of aryl methyl sites for hydroxylation is 1. The fourth-order valence-corrected chi connectivity index (χ4v) is 3.99. The third-order valence-corrected chi connectivity index (χ3v) is 5.11. The first-order valence-electron chi connectivity index (χ1n) is 7.62. The van der Waals surface area contributed by atoms with Crippen molar-refractivity contribution in [2.45, 2.75) is 45.1 Å². The zero-order chi connectivity index (χ0) is 14.8. The Morgan fingerprint density at radius 3 is 2.81 bits per heavy atom. The minimum atomic E-state index is -0.195. The van der Waals surface area contributed by atoms with Crippen molar-refractivity contribution in [3.63, 3.8) is 0 Å². The van der Waals surface area contributed by atoms with Crippen molar-refractivity contribution in [2.24, 2.45) is 0 Å². The predicted octanol–water partition coefficient (Wildman–Crippen LogP) is 4.37. The van der Waals surface area contributed by atoms with Crippen LogP contribution in [0.3, 0.4) is 0 Å². The average Bonchev–Trinajstić information content (AvgIpc) is 2.90. The van der Waals surface area contributed by atoms with Gasteiger partial charge in [-0.2, -0.15) is 0 Å². The molecule has 4 heteroatoms. The second kappa shape index (κ2) is 6.24. The van der Waals surface area contributed by atoms with Crippen LogP contribution in [0.25, 0.3) is 10.6 Å². The fourth-order valence-electron chi connectivity index (χ4n) is 2.80. The summed E-state index contributed by atoms with van der Waals surface area (Å²) in [4.78, 5) is 6.28. The second-order valence-corrected chi connectivity index (χ2v) is 7.07. The normalized spacial score (nSPS) is 18.0. The summed E-state index contributed by atoms with van der Waals surface area (Å²) in [5, 5.41) is 4.55. The van der Waals surface area contributed by atoms with E-state index in [-0.39, 0.29) is 5.82 Å². The van der Waals surface area contributed by atoms with Crippen LogP contribution in [0.15, 0.2) is 24.3 Å². The molecule has 3 rings (SSSR count). The summed E-state index contributed by atoms with van der Waals surface area (Å²) in [5.41, 5.74) is 2.28. The number of thiazole rings is 1. The minimum absolute atomic E-state index is 0.195. The monoisotopic (exact) mass is 304 g/mol. The topological polar surface area (TPSA) is 24.9 Å². The molecule has 2 nitrogen and oxygen atoms in total. The molecule has 0 fully saturated rings. The molecule has 21 heavy (non-hydrogen) atoms. The Balaban J connectivity index is 1.85. The first-order valence-corrected chi connectivity index (χ1v) is 8.44. The van der Waals surface area contributed by atoms with Crippen molar-refractivity contribution in [1.29, 1.82) is 0 Å². The van der Waals surface area contributed by atoms with Gasteiger partial charge in [-0.25, -0.2) is 9.37 Å². The van der Waals surface area contributed by atoms with Gasteiger partial charge in [0.1, 0.15) is 10.8 Å². The Morgan fingerprint density at radius 1 is 1.33 bits per heavy atom. The maximum absolute atomic E-state index is 13.0. The van der Waals surface area contributed by atoms with Gasteiger partial charge in [0.15, 0.2) is 0 Å². The van der Waals surface area contributed by atoms with Crippen LogP contribution in [0.5, 0.6) is 0 Å². The molecule has 1 aliphatic rings. The van der Waals surface area contributed by atoms with E-state index in [9.17, 15) is 4.39 Å². The van der Waals surface area contributed by atoms with Gasteiger partial charge in [-0.3, -0.25) is 0 Å². The van der Waals surface area contributed by atoms with Gasteiger partial charge in [-0.1, -0.05) is 13.8 Å². The van der Waals surface area contributed by atoms with E-state index in [1.165, 1.54) is 35.5 Å². The molecule has 1 unspecified atom stereocenters. The quantitative estimate of drug-likeness (QED) is 0.907. The summed E-state index contributed by atoms with van der Waals surface area (Å²) in [6, 6.07) is 7.16. The largest absolute Gasteiger partial charge is 0.314 e. The Kier molecular flexibility index (Phi) is 4.36. The first kappa shape index (κ1) is 14.7. The van der Waals surface area contributed by atoms with Crippen molar-refractivity contribution in [1.82, 2.24) is 10.3 Å². The molecule has 0 bridgehead atoms. The number of nitrogens with zero attached hydrogens (tertiary/aromatic N) is 1. The lowest BCUT2D eigenvalue weighted by molar-refractivity contribution is 0.475. The zero-order valence-corrected chi connectivity index (χ0v) is 13.3. The van der Waals surface area contributed by atoms with Gasteiger partial charge in [-0.15, -0.1) is 11.3 Å². The summed E-state index contributed by atoms with van der Waals surface area (Å²) in [5.74, 6) is 0.320. The number of fused-ring (bicyclic) bond motifs is 1. The highest BCUT2D eigenvalue weighted by molar-refractivity contribution is 7.15. The zero-order valence-electron chi connectivity index (χ0n) is 12.5. The number of rotatable bonds is 4. The number of hydrogen-bond acceptors (Lipinski definition) is 3. The van der Waals surface area contributed by atoms with Crippen LogP contribution in [-0.2, 0) is 6.42 Å². The molecule has 1 N–H and O–H groups in total. The second-order valence-electron chi connectivity index (χ2n) is 5.99. The highest BCUT2D eigenvalue weighted by Crippen LogP contribution is 2.38. The molecular weight excluding hydrogens is 283 g/mol. The molecular formula is C17H21FN2S. The van der Waals surface area contributed by atoms with Gasteiger partial charge in [-0.05, 0) is 43.5 Å². The number of hydrogen-bond donors (Lipinski definition) is 1. The Labute approximate surface area is 129 Å². The van der Waals surface area contributed by atoms with Crippen LogP contribution in [0.4, 0.5) is 4.39 Å². The molecule has 0 saturated heterocycles. The van der Waals surface area contributed by atoms with Crippen LogP contribution in [0.1, 0.15) is 43.2 Å². The van der Waals surface area contributed by atoms with E-state index >= 15 is 0 Å². The first-order chi connectivity index (χ1) is 10.1. The summed E-state index contributed by atoms with van der Waals surface area (Å²) in [7, 11) is 0. The van der Waals surface area contributed by atoms with E-state index in [4.69, 9.17) is 4.98 Å². The van der Waals surface area contributed by atoms with Crippen molar-refractivity contribution in [3.05, 3.63) is 40.7 Å². The number of benzene rings is 1. The number of nitrogens with one attached hydrogen (secondary N) is 1. The standard InChI is InChI=1S/C17H21FN2S/c1-11(2)19-10-13-4-3-5-15-16(13)20-17(21-15)12-6-8-14(18)9-7-12/h6-9,11,13,19H,3-5,10H2,1-2H3. The van der Waals surface area contributed by atoms with E-state index in [0.29, 0.717) is 12.0 Å². The highest BCUT2D eigenvalue weighted by Gasteiger charge is 2.25.